The van der Waals surface area contributed by atoms with Crippen molar-refractivity contribution in [3.63, 3.8) is 0 Å². The molecule has 3 N–H and O–H groups in total. The average molecular weight is 474 g/mol. The number of carbonyl (C=O) groups is 4. The van der Waals surface area contributed by atoms with Gasteiger partial charge in [0, 0.05) is 40.7 Å². The number of aromatic nitrogens is 1. The Hall–Kier alpha value is -2.87. The van der Waals surface area contributed by atoms with Crippen molar-refractivity contribution in [2.75, 3.05) is 13.7 Å². The lowest BCUT2D eigenvalue weighted by molar-refractivity contribution is -0.146. The highest BCUT2D eigenvalue weighted by Gasteiger charge is 2.36. The molecule has 9 heteroatoms. The van der Waals surface area contributed by atoms with Crippen LogP contribution in [0.4, 0.5) is 0 Å². The molecule has 1 aromatic carbocycles. The minimum atomic E-state index is -0.927. The first-order chi connectivity index (χ1) is 15.8. The Morgan fingerprint density at radius 1 is 1.18 bits per heavy atom. The Bertz CT molecular complexity index is 1080. The summed E-state index contributed by atoms with van der Waals surface area (Å²) < 4.78 is 4.86. The summed E-state index contributed by atoms with van der Waals surface area (Å²) in [6.07, 6.45) is 3.47. The quantitative estimate of drug-likeness (QED) is 0.362. The zero-order chi connectivity index (χ0) is 23.5. The van der Waals surface area contributed by atoms with Crippen LogP contribution in [0.25, 0.3) is 10.9 Å². The summed E-state index contributed by atoms with van der Waals surface area (Å²) in [5.41, 5.74) is 1.22. The second-order valence-corrected chi connectivity index (χ2v) is 9.45. The molecule has 0 radical (unpaired) electrons. The van der Waals surface area contributed by atoms with E-state index in [1.165, 1.54) is 7.11 Å². The fourth-order valence-corrected chi connectivity index (χ4v) is 4.61. The van der Waals surface area contributed by atoms with Gasteiger partial charge in [-0.15, -0.1) is 0 Å². The second-order valence-electron chi connectivity index (χ2n) is 9.01. The van der Waals surface area contributed by atoms with Gasteiger partial charge in [0.1, 0.15) is 6.04 Å². The highest BCUT2D eigenvalue weighted by atomic mass is 35.5. The molecule has 1 aliphatic carbocycles. The SMILES string of the molecule is COC(=O)[C@H](C[C@@H]1CCNC1=O)NC(=O)[C@@H](CC(=O)c1cc2cc(Cl)ccc2[nH]1)CC1CC1. The molecule has 3 atom stereocenters. The Morgan fingerprint density at radius 3 is 2.64 bits per heavy atom. The van der Waals surface area contributed by atoms with Crippen molar-refractivity contribution in [1.29, 1.82) is 0 Å². The zero-order valence-electron chi connectivity index (χ0n) is 18.5. The first kappa shape index (κ1) is 23.3. The lowest BCUT2D eigenvalue weighted by Gasteiger charge is -2.22. The van der Waals surface area contributed by atoms with Gasteiger partial charge in [-0.3, -0.25) is 14.4 Å². The van der Waals surface area contributed by atoms with Crippen molar-refractivity contribution in [2.45, 2.75) is 44.6 Å². The lowest BCUT2D eigenvalue weighted by Crippen LogP contribution is -2.46. The lowest BCUT2D eigenvalue weighted by atomic mass is 9.92. The van der Waals surface area contributed by atoms with E-state index in [0.717, 1.165) is 23.7 Å². The average Bonchev–Trinajstić information content (AvgIpc) is 3.37. The van der Waals surface area contributed by atoms with Gasteiger partial charge < -0.3 is 20.4 Å². The van der Waals surface area contributed by atoms with Crippen LogP contribution in [0.5, 0.6) is 0 Å². The molecule has 1 aromatic heterocycles. The molecule has 2 aromatic rings. The Kier molecular flexibility index (Phi) is 7.02. The van der Waals surface area contributed by atoms with E-state index in [1.54, 1.807) is 18.2 Å². The summed E-state index contributed by atoms with van der Waals surface area (Å²) >= 11 is 6.04. The van der Waals surface area contributed by atoms with Crippen molar-refractivity contribution in [1.82, 2.24) is 15.6 Å². The third-order valence-electron chi connectivity index (χ3n) is 6.49. The molecule has 1 saturated heterocycles. The number of methoxy groups -OCH3 is 1. The van der Waals surface area contributed by atoms with E-state index in [-0.39, 0.29) is 36.4 Å². The summed E-state index contributed by atoms with van der Waals surface area (Å²) in [5, 5.41) is 6.92. The van der Waals surface area contributed by atoms with E-state index in [4.69, 9.17) is 16.3 Å². The summed E-state index contributed by atoms with van der Waals surface area (Å²) in [6.45, 7) is 0.555. The van der Waals surface area contributed by atoms with Crippen LogP contribution in [-0.2, 0) is 19.1 Å². The monoisotopic (exact) mass is 473 g/mol. The van der Waals surface area contributed by atoms with Gasteiger partial charge in [0.15, 0.2) is 5.78 Å². The van der Waals surface area contributed by atoms with Crippen molar-refractivity contribution in [2.24, 2.45) is 17.8 Å². The fraction of sp³-hybridized carbons (Fsp3) is 0.500. The van der Waals surface area contributed by atoms with Crippen LogP contribution in [0, 0.1) is 17.8 Å². The summed E-state index contributed by atoms with van der Waals surface area (Å²) in [7, 11) is 1.25. The standard InChI is InChI=1S/C24H28ClN3O5/c1-33-24(32)20(10-14-6-7-26-22(14)30)28-23(31)16(8-13-2-3-13)12-21(29)19-11-15-9-17(25)4-5-18(15)27-19/h4-5,9,11,13-14,16,20,27H,2-3,6-8,10,12H2,1H3,(H,26,30)(H,28,31)/t14-,16+,20-/m0/s1. The largest absolute Gasteiger partial charge is 0.467 e. The molecule has 2 heterocycles. The first-order valence-corrected chi connectivity index (χ1v) is 11.7. The number of aromatic amines is 1. The molecule has 1 aliphatic heterocycles. The number of Topliss-reactive ketones (excluding diaryl/α,β-unsaturated/α-hetero) is 1. The van der Waals surface area contributed by atoms with Crippen molar-refractivity contribution < 1.29 is 23.9 Å². The fourth-order valence-electron chi connectivity index (χ4n) is 4.43. The highest BCUT2D eigenvalue weighted by molar-refractivity contribution is 6.31. The first-order valence-electron chi connectivity index (χ1n) is 11.3. The van der Waals surface area contributed by atoms with Crippen molar-refractivity contribution >= 4 is 46.1 Å². The van der Waals surface area contributed by atoms with Crippen molar-refractivity contribution in [3.8, 4) is 0 Å². The topological polar surface area (TPSA) is 117 Å². The van der Waals surface area contributed by atoms with E-state index in [2.05, 4.69) is 15.6 Å². The van der Waals surface area contributed by atoms with Crippen LogP contribution in [0.15, 0.2) is 24.3 Å². The van der Waals surface area contributed by atoms with Gasteiger partial charge in [-0.1, -0.05) is 24.4 Å². The molecule has 2 amide bonds. The minimum Gasteiger partial charge on any atom is -0.467 e. The summed E-state index contributed by atoms with van der Waals surface area (Å²) in [5.74, 6) is -1.75. The molecule has 0 spiro atoms. The molecule has 0 bridgehead atoms. The molecular formula is C24H28ClN3O5. The minimum absolute atomic E-state index is 0.0285. The number of carbonyl (C=O) groups excluding carboxylic acids is 4. The maximum absolute atomic E-state index is 13.2. The number of rotatable bonds is 10. The molecular weight excluding hydrogens is 446 g/mol. The third-order valence-corrected chi connectivity index (χ3v) is 6.72. The zero-order valence-corrected chi connectivity index (χ0v) is 19.2. The van der Waals surface area contributed by atoms with Crippen molar-refractivity contribution in [3.05, 3.63) is 35.0 Å². The van der Waals surface area contributed by atoms with Gasteiger partial charge in [0.05, 0.1) is 12.8 Å². The second kappa shape index (κ2) is 9.95. The van der Waals surface area contributed by atoms with E-state index in [1.807, 2.05) is 6.07 Å². The predicted octanol–water partition coefficient (Wildman–Crippen LogP) is 2.99. The number of amides is 2. The number of fused-ring (bicyclic) bond motifs is 1. The number of H-pyrrole nitrogens is 1. The maximum Gasteiger partial charge on any atom is 0.328 e. The number of ether oxygens (including phenoxy) is 1. The molecule has 2 fully saturated rings. The molecule has 33 heavy (non-hydrogen) atoms. The number of nitrogens with one attached hydrogen (secondary N) is 3. The van der Waals surface area contributed by atoms with Crippen LogP contribution in [0.3, 0.4) is 0 Å². The van der Waals surface area contributed by atoms with E-state index < -0.39 is 17.9 Å². The van der Waals surface area contributed by atoms with Crippen LogP contribution in [0.1, 0.15) is 49.0 Å². The van der Waals surface area contributed by atoms with E-state index in [0.29, 0.717) is 36.0 Å². The number of hydrogen-bond donors (Lipinski definition) is 3. The Balaban J connectivity index is 1.46. The van der Waals surface area contributed by atoms with Gasteiger partial charge in [-0.05, 0) is 49.4 Å². The van der Waals surface area contributed by atoms with Crippen LogP contribution >= 0.6 is 11.6 Å². The van der Waals surface area contributed by atoms with Gasteiger partial charge in [-0.2, -0.15) is 0 Å². The van der Waals surface area contributed by atoms with E-state index >= 15 is 0 Å². The van der Waals surface area contributed by atoms with Gasteiger partial charge in [-0.25, -0.2) is 4.79 Å². The molecule has 176 valence electrons. The Morgan fingerprint density at radius 2 is 1.97 bits per heavy atom. The van der Waals surface area contributed by atoms with E-state index in [9.17, 15) is 19.2 Å². The maximum atomic E-state index is 13.2. The molecule has 8 nitrogen and oxygen atoms in total. The predicted molar refractivity (Wildman–Crippen MR) is 123 cm³/mol. The Labute approximate surface area is 196 Å². The normalized spacial score (nSPS) is 19.7. The van der Waals surface area contributed by atoms with Crippen LogP contribution in [0.2, 0.25) is 5.02 Å². The number of ketones is 1. The molecule has 4 rings (SSSR count). The molecule has 0 unspecified atom stereocenters. The number of benzene rings is 1. The highest BCUT2D eigenvalue weighted by Crippen LogP contribution is 2.37. The summed E-state index contributed by atoms with van der Waals surface area (Å²) in [4.78, 5) is 53.6. The molecule has 1 saturated carbocycles. The van der Waals surface area contributed by atoms with Gasteiger partial charge in [0.25, 0.3) is 0 Å². The number of hydrogen-bond acceptors (Lipinski definition) is 5. The smallest absolute Gasteiger partial charge is 0.328 e. The third kappa shape index (κ3) is 5.74. The van der Waals surface area contributed by atoms with Gasteiger partial charge in [0.2, 0.25) is 11.8 Å². The van der Waals surface area contributed by atoms with Gasteiger partial charge >= 0.3 is 5.97 Å². The summed E-state index contributed by atoms with van der Waals surface area (Å²) in [6, 6.07) is 6.14. The van der Waals surface area contributed by atoms with Crippen LogP contribution in [-0.4, -0.2) is 48.2 Å². The van der Waals surface area contributed by atoms with Crippen LogP contribution < -0.4 is 10.6 Å². The molecule has 2 aliphatic rings. The number of halogens is 1. The number of esters is 1.